The van der Waals surface area contributed by atoms with Gasteiger partial charge in [-0.1, -0.05) is 23.8 Å². The number of benzene rings is 1. The van der Waals surface area contributed by atoms with Gasteiger partial charge in [0.05, 0.1) is 22.8 Å². The lowest BCUT2D eigenvalue weighted by atomic mass is 10.2. The van der Waals surface area contributed by atoms with Gasteiger partial charge in [-0.2, -0.15) is 8.78 Å². The number of halogens is 3. The lowest BCUT2D eigenvalue weighted by Gasteiger charge is -2.17. The standard InChI is InChI=1S/C15H17ClF2O2S/c1-4-5-6-13(14(20-3)15(16,17)18)21(19)12-9-7-11(2)8-10-12/h4,7-10H,1,5-6H2,2-3H3/b14-13+. The van der Waals surface area contributed by atoms with Crippen molar-refractivity contribution < 1.29 is 17.7 Å². The summed E-state index contributed by atoms with van der Waals surface area (Å²) < 4.78 is 44.1. The molecular formula is C15H17ClF2O2S. The van der Waals surface area contributed by atoms with Crippen LogP contribution >= 0.6 is 11.6 Å². The SMILES string of the molecule is C=CCC/C(=C(\OC)C(F)(F)Cl)S(=O)c1ccc(C)cc1. The fourth-order valence-electron chi connectivity index (χ4n) is 1.72. The molecule has 1 rings (SSSR count). The Morgan fingerprint density at radius 2 is 2.00 bits per heavy atom. The zero-order valence-electron chi connectivity index (χ0n) is 11.9. The van der Waals surface area contributed by atoms with Gasteiger partial charge in [-0.3, -0.25) is 0 Å². The average molecular weight is 335 g/mol. The van der Waals surface area contributed by atoms with Crippen LogP contribution in [-0.4, -0.2) is 16.7 Å². The predicted octanol–water partition coefficient (Wildman–Crippen LogP) is 4.76. The van der Waals surface area contributed by atoms with Crippen molar-refractivity contribution in [1.29, 1.82) is 0 Å². The first-order valence-electron chi connectivity index (χ1n) is 6.25. The van der Waals surface area contributed by atoms with Crippen molar-refractivity contribution in [2.24, 2.45) is 0 Å². The Kier molecular flexibility index (Phi) is 6.55. The van der Waals surface area contributed by atoms with Crippen LogP contribution in [0.25, 0.3) is 0 Å². The summed E-state index contributed by atoms with van der Waals surface area (Å²) in [6, 6.07) is 6.81. The quantitative estimate of drug-likeness (QED) is 0.408. The third kappa shape index (κ3) is 4.93. The summed E-state index contributed by atoms with van der Waals surface area (Å²) in [5, 5.41) is -3.70. The number of hydrogen-bond donors (Lipinski definition) is 0. The average Bonchev–Trinajstić information content (AvgIpc) is 2.42. The molecule has 0 aliphatic heterocycles. The Balaban J connectivity index is 3.30. The number of alkyl halides is 3. The van der Waals surface area contributed by atoms with Gasteiger partial charge in [-0.15, -0.1) is 6.58 Å². The van der Waals surface area contributed by atoms with Crippen LogP contribution < -0.4 is 0 Å². The van der Waals surface area contributed by atoms with Crippen LogP contribution in [0.4, 0.5) is 8.78 Å². The number of allylic oxidation sites excluding steroid dienone is 3. The van der Waals surface area contributed by atoms with E-state index in [9.17, 15) is 13.0 Å². The van der Waals surface area contributed by atoms with Crippen molar-refractivity contribution in [3.05, 3.63) is 53.1 Å². The topological polar surface area (TPSA) is 26.3 Å². The second-order valence-corrected chi connectivity index (χ2v) is 6.34. The lowest BCUT2D eigenvalue weighted by Crippen LogP contribution is -2.17. The third-order valence-electron chi connectivity index (χ3n) is 2.75. The summed E-state index contributed by atoms with van der Waals surface area (Å²) >= 11 is 5.05. The highest BCUT2D eigenvalue weighted by atomic mass is 35.5. The van der Waals surface area contributed by atoms with Crippen molar-refractivity contribution in [1.82, 2.24) is 0 Å². The molecule has 2 nitrogen and oxygen atoms in total. The van der Waals surface area contributed by atoms with Gasteiger partial charge in [0.15, 0.2) is 5.76 Å². The summed E-state index contributed by atoms with van der Waals surface area (Å²) in [5.41, 5.74) is 0.988. The molecule has 0 fully saturated rings. The molecule has 1 atom stereocenters. The van der Waals surface area contributed by atoms with Gasteiger partial charge in [-0.05, 0) is 43.5 Å². The minimum absolute atomic E-state index is 0.0266. The molecule has 116 valence electrons. The first-order valence-corrected chi connectivity index (χ1v) is 7.77. The zero-order chi connectivity index (χ0) is 16.0. The molecular weight excluding hydrogens is 318 g/mol. The van der Waals surface area contributed by atoms with Crippen LogP contribution in [0, 0.1) is 6.92 Å². The fourth-order valence-corrected chi connectivity index (χ4v) is 3.31. The molecule has 1 aromatic carbocycles. The molecule has 0 amide bonds. The molecule has 21 heavy (non-hydrogen) atoms. The predicted molar refractivity (Wildman–Crippen MR) is 81.9 cm³/mol. The van der Waals surface area contributed by atoms with Gasteiger partial charge in [0.1, 0.15) is 0 Å². The number of ether oxygens (including phenoxy) is 1. The maximum Gasteiger partial charge on any atom is 0.380 e. The second kappa shape index (κ2) is 7.71. The first-order chi connectivity index (χ1) is 9.81. The fraction of sp³-hybridized carbons (Fsp3) is 0.333. The Morgan fingerprint density at radius 3 is 2.43 bits per heavy atom. The van der Waals surface area contributed by atoms with E-state index >= 15 is 0 Å². The highest BCUT2D eigenvalue weighted by molar-refractivity contribution is 7.89. The van der Waals surface area contributed by atoms with Gasteiger partial charge in [-0.25, -0.2) is 4.21 Å². The van der Waals surface area contributed by atoms with Crippen molar-refractivity contribution in [2.45, 2.75) is 30.0 Å². The van der Waals surface area contributed by atoms with E-state index in [1.54, 1.807) is 30.3 Å². The van der Waals surface area contributed by atoms with E-state index in [2.05, 4.69) is 6.58 Å². The maximum absolute atomic E-state index is 13.4. The zero-order valence-corrected chi connectivity index (χ0v) is 13.4. The molecule has 0 heterocycles. The monoisotopic (exact) mass is 334 g/mol. The highest BCUT2D eigenvalue weighted by Crippen LogP contribution is 2.35. The minimum atomic E-state index is -3.70. The van der Waals surface area contributed by atoms with E-state index < -0.39 is 21.9 Å². The Bertz CT molecular complexity index is 548. The Labute approximate surface area is 130 Å². The maximum atomic E-state index is 13.4. The Morgan fingerprint density at radius 1 is 1.43 bits per heavy atom. The molecule has 0 radical (unpaired) electrons. The molecule has 1 aromatic rings. The van der Waals surface area contributed by atoms with Crippen LogP contribution in [0.5, 0.6) is 0 Å². The van der Waals surface area contributed by atoms with Crippen LogP contribution in [0.3, 0.4) is 0 Å². The van der Waals surface area contributed by atoms with E-state index in [1.807, 2.05) is 6.92 Å². The normalized spacial score (nSPS) is 14.3. The molecule has 0 spiro atoms. The molecule has 6 heteroatoms. The van der Waals surface area contributed by atoms with Gasteiger partial charge >= 0.3 is 5.38 Å². The van der Waals surface area contributed by atoms with Crippen molar-refractivity contribution in [3.63, 3.8) is 0 Å². The Hall–Kier alpha value is -1.20. The summed E-state index contributed by atoms with van der Waals surface area (Å²) in [6.07, 6.45) is 2.09. The first kappa shape index (κ1) is 17.9. The van der Waals surface area contributed by atoms with E-state index in [-0.39, 0.29) is 11.3 Å². The number of rotatable bonds is 7. The van der Waals surface area contributed by atoms with E-state index in [0.29, 0.717) is 11.3 Å². The summed E-state index contributed by atoms with van der Waals surface area (Å²) in [6.45, 7) is 5.42. The lowest BCUT2D eigenvalue weighted by molar-refractivity contribution is 0.0650. The van der Waals surface area contributed by atoms with Gasteiger partial charge in [0, 0.05) is 4.90 Å². The van der Waals surface area contributed by atoms with Crippen molar-refractivity contribution >= 4 is 22.4 Å². The summed E-state index contributed by atoms with van der Waals surface area (Å²) in [5.74, 6) is -0.759. The molecule has 1 unspecified atom stereocenters. The van der Waals surface area contributed by atoms with Crippen molar-refractivity contribution in [3.8, 4) is 0 Å². The molecule has 0 N–H and O–H groups in total. The molecule has 0 aliphatic rings. The van der Waals surface area contributed by atoms with Gasteiger partial charge in [0.2, 0.25) is 0 Å². The number of methoxy groups -OCH3 is 1. The summed E-state index contributed by atoms with van der Waals surface area (Å²) in [4.78, 5) is 0.399. The molecule has 0 bridgehead atoms. The molecule has 0 saturated carbocycles. The molecule has 0 aromatic heterocycles. The van der Waals surface area contributed by atoms with Crippen LogP contribution in [0.15, 0.2) is 52.5 Å². The number of aryl methyl sites for hydroxylation is 1. The largest absolute Gasteiger partial charge is 0.493 e. The molecule has 0 saturated heterocycles. The van der Waals surface area contributed by atoms with E-state index in [4.69, 9.17) is 16.3 Å². The molecule has 0 aliphatic carbocycles. The minimum Gasteiger partial charge on any atom is -0.493 e. The van der Waals surface area contributed by atoms with Crippen molar-refractivity contribution in [2.75, 3.05) is 7.11 Å². The van der Waals surface area contributed by atoms with Gasteiger partial charge < -0.3 is 4.74 Å². The van der Waals surface area contributed by atoms with Crippen LogP contribution in [0.2, 0.25) is 0 Å². The number of hydrogen-bond acceptors (Lipinski definition) is 2. The summed E-state index contributed by atoms with van der Waals surface area (Å²) in [7, 11) is -0.676. The van der Waals surface area contributed by atoms with Crippen LogP contribution in [-0.2, 0) is 15.5 Å². The smallest absolute Gasteiger partial charge is 0.380 e. The van der Waals surface area contributed by atoms with Gasteiger partial charge in [0.25, 0.3) is 0 Å². The van der Waals surface area contributed by atoms with Crippen LogP contribution in [0.1, 0.15) is 18.4 Å². The van der Waals surface area contributed by atoms with E-state index in [1.165, 1.54) is 0 Å². The second-order valence-electron chi connectivity index (χ2n) is 4.36. The highest BCUT2D eigenvalue weighted by Gasteiger charge is 2.37. The third-order valence-corrected chi connectivity index (χ3v) is 4.46. The van der Waals surface area contributed by atoms with E-state index in [0.717, 1.165) is 12.7 Å².